The van der Waals surface area contributed by atoms with Crippen molar-refractivity contribution in [3.63, 3.8) is 0 Å². The van der Waals surface area contributed by atoms with E-state index in [1.807, 2.05) is 38.1 Å². The van der Waals surface area contributed by atoms with E-state index in [1.165, 1.54) is 48.5 Å². The van der Waals surface area contributed by atoms with Gasteiger partial charge in [0.2, 0.25) is 0 Å². The summed E-state index contributed by atoms with van der Waals surface area (Å²) in [6, 6.07) is 24.3. The van der Waals surface area contributed by atoms with Gasteiger partial charge >= 0.3 is 11.9 Å². The third kappa shape index (κ3) is 6.13. The van der Waals surface area contributed by atoms with Crippen LogP contribution in [0.15, 0.2) is 97.1 Å². The number of hydrogen-bond donors (Lipinski definition) is 0. The smallest absolute Gasteiger partial charge is 0.343 e. The summed E-state index contributed by atoms with van der Waals surface area (Å²) in [5.41, 5.74) is 1.59. The molecule has 0 saturated carbocycles. The van der Waals surface area contributed by atoms with Crippen LogP contribution in [0.5, 0.6) is 11.5 Å². The molecule has 0 fully saturated rings. The average Bonchev–Trinajstić information content (AvgIpc) is 2.93. The molecule has 39 heavy (non-hydrogen) atoms. The fourth-order valence-corrected chi connectivity index (χ4v) is 3.82. The highest BCUT2D eigenvalue weighted by atomic mass is 16.6. The maximum absolute atomic E-state index is 12.4. The quantitative estimate of drug-likeness (QED) is 0.113. The standard InChI is InChI=1S/C29H22N2O8/c1-29(2,21-7-15-25(16-8-21)38-27(32)19-3-11-23(12-4-19)30(34)35)22-9-17-26(18-10-22)39-28(33)20-5-13-24(14-6-20)31(36)37/h3-18H,1-2H3. The summed E-state index contributed by atoms with van der Waals surface area (Å²) in [5, 5.41) is 21.6. The van der Waals surface area contributed by atoms with Crippen LogP contribution < -0.4 is 9.47 Å². The van der Waals surface area contributed by atoms with Gasteiger partial charge in [0.05, 0.1) is 21.0 Å². The van der Waals surface area contributed by atoms with Crippen molar-refractivity contribution in [3.05, 3.63) is 140 Å². The molecule has 0 atom stereocenters. The summed E-state index contributed by atoms with van der Waals surface area (Å²) >= 11 is 0. The van der Waals surface area contributed by atoms with Gasteiger partial charge in [0.15, 0.2) is 0 Å². The number of non-ortho nitro benzene ring substituents is 2. The molecule has 10 heteroatoms. The summed E-state index contributed by atoms with van der Waals surface area (Å²) < 4.78 is 10.8. The van der Waals surface area contributed by atoms with Gasteiger partial charge in [0, 0.05) is 29.7 Å². The molecule has 0 saturated heterocycles. The number of carbonyl (C=O) groups is 2. The average molecular weight is 527 g/mol. The maximum Gasteiger partial charge on any atom is 0.343 e. The summed E-state index contributed by atoms with van der Waals surface area (Å²) in [7, 11) is 0. The van der Waals surface area contributed by atoms with Crippen LogP contribution in [-0.2, 0) is 5.41 Å². The van der Waals surface area contributed by atoms with E-state index in [9.17, 15) is 29.8 Å². The van der Waals surface area contributed by atoms with Crippen molar-refractivity contribution in [2.75, 3.05) is 0 Å². The Balaban J connectivity index is 1.40. The van der Waals surface area contributed by atoms with E-state index in [1.54, 1.807) is 24.3 Å². The van der Waals surface area contributed by atoms with Crippen molar-refractivity contribution in [2.45, 2.75) is 19.3 Å². The SMILES string of the molecule is CC(C)(c1ccc(OC(=O)c2ccc([N+](=O)[O-])cc2)cc1)c1ccc(OC(=O)c2ccc([N+](=O)[O-])cc2)cc1. The minimum absolute atomic E-state index is 0.117. The normalized spacial score (nSPS) is 10.9. The number of rotatable bonds is 8. The molecular formula is C29H22N2O8. The highest BCUT2D eigenvalue weighted by Crippen LogP contribution is 2.33. The van der Waals surface area contributed by atoms with Gasteiger partial charge in [0.25, 0.3) is 11.4 Å². The van der Waals surface area contributed by atoms with Crippen LogP contribution in [0.25, 0.3) is 0 Å². The van der Waals surface area contributed by atoms with E-state index in [0.717, 1.165) is 11.1 Å². The van der Waals surface area contributed by atoms with Crippen molar-refractivity contribution >= 4 is 23.3 Å². The molecule has 0 aliphatic carbocycles. The van der Waals surface area contributed by atoms with Crippen LogP contribution >= 0.6 is 0 Å². The first-order chi connectivity index (χ1) is 18.5. The van der Waals surface area contributed by atoms with Crippen LogP contribution in [0.1, 0.15) is 45.7 Å². The molecule has 0 bridgehead atoms. The largest absolute Gasteiger partial charge is 0.423 e. The molecule has 4 aromatic rings. The van der Waals surface area contributed by atoms with Gasteiger partial charge < -0.3 is 9.47 Å². The molecule has 10 nitrogen and oxygen atoms in total. The van der Waals surface area contributed by atoms with E-state index in [-0.39, 0.29) is 22.5 Å². The molecule has 0 aliphatic rings. The van der Waals surface area contributed by atoms with E-state index in [4.69, 9.17) is 9.47 Å². The zero-order valence-corrected chi connectivity index (χ0v) is 20.9. The number of hydrogen-bond acceptors (Lipinski definition) is 8. The van der Waals surface area contributed by atoms with Crippen LogP contribution in [0, 0.1) is 20.2 Å². The number of nitro benzene ring substituents is 2. The van der Waals surface area contributed by atoms with Crippen molar-refractivity contribution in [1.29, 1.82) is 0 Å². The first-order valence-corrected chi connectivity index (χ1v) is 11.7. The number of nitrogens with zero attached hydrogens (tertiary/aromatic N) is 2. The molecular weight excluding hydrogens is 504 g/mol. The number of esters is 2. The van der Waals surface area contributed by atoms with Crippen molar-refractivity contribution in [1.82, 2.24) is 0 Å². The lowest BCUT2D eigenvalue weighted by Crippen LogP contribution is -2.19. The second kappa shape index (κ2) is 10.9. The monoisotopic (exact) mass is 526 g/mol. The zero-order chi connectivity index (χ0) is 28.2. The molecule has 0 unspecified atom stereocenters. The molecule has 196 valence electrons. The second-order valence-corrected chi connectivity index (χ2v) is 9.06. The Morgan fingerprint density at radius 2 is 0.872 bits per heavy atom. The third-order valence-corrected chi connectivity index (χ3v) is 6.20. The van der Waals surface area contributed by atoms with Gasteiger partial charge in [-0.15, -0.1) is 0 Å². The Hall–Kier alpha value is -5.38. The van der Waals surface area contributed by atoms with Gasteiger partial charge in [-0.25, -0.2) is 9.59 Å². The molecule has 4 aromatic carbocycles. The summed E-state index contributed by atoms with van der Waals surface area (Å²) in [6.45, 7) is 4.03. The van der Waals surface area contributed by atoms with E-state index in [2.05, 4.69) is 0 Å². The Kier molecular flexibility index (Phi) is 7.48. The highest BCUT2D eigenvalue weighted by molar-refractivity contribution is 5.91. The Labute approximate surface area is 222 Å². The highest BCUT2D eigenvalue weighted by Gasteiger charge is 2.24. The van der Waals surface area contributed by atoms with Gasteiger partial charge in [0.1, 0.15) is 11.5 Å². The van der Waals surface area contributed by atoms with Crippen LogP contribution in [-0.4, -0.2) is 21.8 Å². The topological polar surface area (TPSA) is 139 Å². The predicted octanol–water partition coefficient (Wildman–Crippen LogP) is 6.27. The number of ether oxygens (including phenoxy) is 2. The van der Waals surface area contributed by atoms with E-state index < -0.39 is 27.2 Å². The van der Waals surface area contributed by atoms with Crippen LogP contribution in [0.4, 0.5) is 11.4 Å². The minimum Gasteiger partial charge on any atom is -0.423 e. The van der Waals surface area contributed by atoms with Crippen LogP contribution in [0.3, 0.4) is 0 Å². The molecule has 4 rings (SSSR count). The number of carbonyl (C=O) groups excluding carboxylic acids is 2. The lowest BCUT2D eigenvalue weighted by Gasteiger charge is -2.26. The summed E-state index contributed by atoms with van der Waals surface area (Å²) in [4.78, 5) is 45.2. The van der Waals surface area contributed by atoms with Gasteiger partial charge in [-0.05, 0) is 59.7 Å². The van der Waals surface area contributed by atoms with Gasteiger partial charge in [-0.2, -0.15) is 0 Å². The Bertz CT molecular complexity index is 1410. The first-order valence-electron chi connectivity index (χ1n) is 11.7. The zero-order valence-electron chi connectivity index (χ0n) is 20.9. The molecule has 0 amide bonds. The maximum atomic E-state index is 12.4. The van der Waals surface area contributed by atoms with Crippen LogP contribution in [0.2, 0.25) is 0 Å². The summed E-state index contributed by atoms with van der Waals surface area (Å²) in [5.74, 6) is -0.607. The molecule has 0 heterocycles. The van der Waals surface area contributed by atoms with Gasteiger partial charge in [-0.3, -0.25) is 20.2 Å². The Morgan fingerprint density at radius 3 is 1.15 bits per heavy atom. The first kappa shape index (κ1) is 26.7. The fraction of sp³-hybridized carbons (Fsp3) is 0.103. The lowest BCUT2D eigenvalue weighted by atomic mass is 9.78. The van der Waals surface area contributed by atoms with E-state index >= 15 is 0 Å². The summed E-state index contributed by atoms with van der Waals surface area (Å²) in [6.07, 6.45) is 0. The molecule has 0 spiro atoms. The Morgan fingerprint density at radius 1 is 0.564 bits per heavy atom. The minimum atomic E-state index is -0.629. The molecule has 0 aliphatic heterocycles. The fourth-order valence-electron chi connectivity index (χ4n) is 3.82. The van der Waals surface area contributed by atoms with Crippen molar-refractivity contribution in [2.24, 2.45) is 0 Å². The molecule has 0 N–H and O–H groups in total. The third-order valence-electron chi connectivity index (χ3n) is 6.20. The van der Waals surface area contributed by atoms with E-state index in [0.29, 0.717) is 11.5 Å². The van der Waals surface area contributed by atoms with Crippen molar-refractivity contribution in [3.8, 4) is 11.5 Å². The lowest BCUT2D eigenvalue weighted by molar-refractivity contribution is -0.385. The molecule has 0 aromatic heterocycles. The number of nitro groups is 2. The van der Waals surface area contributed by atoms with Crippen molar-refractivity contribution < 1.29 is 28.9 Å². The molecule has 0 radical (unpaired) electrons. The van der Waals surface area contributed by atoms with Gasteiger partial charge in [-0.1, -0.05) is 38.1 Å². The second-order valence-electron chi connectivity index (χ2n) is 9.06. The predicted molar refractivity (Wildman–Crippen MR) is 141 cm³/mol. The number of benzene rings is 4.